The van der Waals surface area contributed by atoms with Crippen LogP contribution in [0.15, 0.2) is 36.4 Å². The molecule has 4 heterocycles. The van der Waals surface area contributed by atoms with Crippen LogP contribution in [0, 0.1) is 12.4 Å². The Balaban J connectivity index is 0.00000441. The Bertz CT molecular complexity index is 1360. The van der Waals surface area contributed by atoms with E-state index in [1.807, 2.05) is 52.5 Å². The molecular weight excluding hydrogens is 591 g/mol. The zero-order valence-electron chi connectivity index (χ0n) is 25.9. The van der Waals surface area contributed by atoms with Crippen LogP contribution >= 0.6 is 0 Å². The Morgan fingerprint density at radius 1 is 0.575 bits per heavy atom. The van der Waals surface area contributed by atoms with Gasteiger partial charge in [-0.1, -0.05) is 66.1 Å². The number of pyridine rings is 2. The minimum atomic E-state index is -0.526. The van der Waals surface area contributed by atoms with Gasteiger partial charge >= 0.3 is 20.4 Å². The zero-order chi connectivity index (χ0) is 28.9. The molecule has 0 saturated heterocycles. The van der Waals surface area contributed by atoms with Gasteiger partial charge in [0, 0.05) is 56.4 Å². The summed E-state index contributed by atoms with van der Waals surface area (Å²) in [5.41, 5.74) is 5.09. The normalized spacial score (nSPS) is 12.3. The molecule has 4 rings (SSSR count). The predicted octanol–water partition coefficient (Wildman–Crippen LogP) is 5.50. The summed E-state index contributed by atoms with van der Waals surface area (Å²) in [5.74, 6) is 1.44. The average Bonchev–Trinajstić information content (AvgIpc) is 3.54. The van der Waals surface area contributed by atoms with Gasteiger partial charge in [0.2, 0.25) is 0 Å². The molecule has 0 radical (unpaired) electrons. The Morgan fingerprint density at radius 3 is 1.20 bits per heavy atom. The summed E-state index contributed by atoms with van der Waals surface area (Å²) in [5, 5.41) is 9.61. The van der Waals surface area contributed by atoms with Crippen LogP contribution < -0.4 is 9.80 Å². The molecule has 0 spiro atoms. The standard InChI is InChI=1S/C31H42N8.Pd/c1-29(2,3)23-13-15-38(34-23)27-19-21(36(9)10)17-25(32-27)31(7,8)26-18-22(37(11)12)20-28(33-26)39-16-14-24(35-39)30(4,5)6;/h13-14,17-20H,1-12H3;/q-2;+2. The number of hydrogen-bond acceptors (Lipinski definition) is 6. The maximum Gasteiger partial charge on any atom is 2.00 e. The fourth-order valence-corrected chi connectivity index (χ4v) is 4.05. The van der Waals surface area contributed by atoms with E-state index in [4.69, 9.17) is 20.2 Å². The minimum absolute atomic E-state index is 0. The van der Waals surface area contributed by atoms with E-state index in [2.05, 4.69) is 89.7 Å². The summed E-state index contributed by atoms with van der Waals surface area (Å²) in [6.07, 6.45) is 6.54. The molecule has 40 heavy (non-hydrogen) atoms. The van der Waals surface area contributed by atoms with Crippen LogP contribution in [0.25, 0.3) is 11.6 Å². The first kappa shape index (κ1) is 31.5. The van der Waals surface area contributed by atoms with Crippen LogP contribution in [0.4, 0.5) is 11.4 Å². The van der Waals surface area contributed by atoms with E-state index in [0.717, 1.165) is 45.8 Å². The van der Waals surface area contributed by atoms with E-state index < -0.39 is 5.41 Å². The van der Waals surface area contributed by atoms with E-state index >= 15 is 0 Å². The van der Waals surface area contributed by atoms with Gasteiger partial charge in [-0.3, -0.25) is 20.2 Å². The third-order valence-corrected chi connectivity index (χ3v) is 6.94. The fraction of sp³-hybridized carbons (Fsp3) is 0.484. The zero-order valence-corrected chi connectivity index (χ0v) is 27.4. The van der Waals surface area contributed by atoms with E-state index in [1.165, 1.54) is 0 Å². The van der Waals surface area contributed by atoms with Gasteiger partial charge in [0.1, 0.15) is 0 Å². The number of rotatable bonds is 6. The molecule has 0 saturated carbocycles. The van der Waals surface area contributed by atoms with E-state index in [9.17, 15) is 0 Å². The number of anilines is 2. The van der Waals surface area contributed by atoms with Crippen molar-refractivity contribution in [2.75, 3.05) is 38.0 Å². The SMILES string of the molecule is CN(C)c1cc(-n2[c-]cc(C(C)(C)C)n2)nc(C(C)(C)c2cc(N(C)C)cc(-n3[c-]cc(C(C)(C)C)n3)n2)c1.[Pd+2]. The van der Waals surface area contributed by atoms with Crippen molar-refractivity contribution >= 4 is 11.4 Å². The van der Waals surface area contributed by atoms with E-state index in [0.29, 0.717) is 0 Å². The monoisotopic (exact) mass is 632 g/mol. The fourth-order valence-electron chi connectivity index (χ4n) is 4.05. The molecule has 4 aromatic heterocycles. The van der Waals surface area contributed by atoms with Crippen molar-refractivity contribution in [2.24, 2.45) is 0 Å². The summed E-state index contributed by atoms with van der Waals surface area (Å²) < 4.78 is 3.49. The van der Waals surface area contributed by atoms with Crippen molar-refractivity contribution in [3.05, 3.63) is 71.6 Å². The maximum atomic E-state index is 5.10. The van der Waals surface area contributed by atoms with Crippen LogP contribution in [-0.2, 0) is 36.7 Å². The van der Waals surface area contributed by atoms with Gasteiger partial charge in [0.05, 0.1) is 11.6 Å². The second kappa shape index (κ2) is 11.1. The molecule has 8 nitrogen and oxygen atoms in total. The number of hydrogen-bond donors (Lipinski definition) is 0. The first-order valence-electron chi connectivity index (χ1n) is 13.3. The molecule has 0 N–H and O–H groups in total. The van der Waals surface area contributed by atoms with E-state index in [-0.39, 0.29) is 31.3 Å². The summed E-state index contributed by atoms with van der Waals surface area (Å²) >= 11 is 0. The second-order valence-corrected chi connectivity index (χ2v) is 13.2. The van der Waals surface area contributed by atoms with Gasteiger partial charge in [-0.15, -0.1) is 12.1 Å². The molecule has 0 fully saturated rings. The Hall–Kier alpha value is -3.02. The van der Waals surface area contributed by atoms with Crippen LogP contribution in [0.2, 0.25) is 0 Å². The van der Waals surface area contributed by atoms with Crippen LogP contribution in [0.3, 0.4) is 0 Å². The first-order chi connectivity index (χ1) is 18.0. The predicted molar refractivity (Wildman–Crippen MR) is 159 cm³/mol. The van der Waals surface area contributed by atoms with Crippen molar-refractivity contribution in [3.8, 4) is 11.6 Å². The second-order valence-electron chi connectivity index (χ2n) is 13.2. The molecular formula is C31H42N8Pd. The number of nitrogens with zero attached hydrogens (tertiary/aromatic N) is 8. The van der Waals surface area contributed by atoms with Crippen molar-refractivity contribution < 1.29 is 20.4 Å². The summed E-state index contributed by atoms with van der Waals surface area (Å²) in [6.45, 7) is 17.2. The summed E-state index contributed by atoms with van der Waals surface area (Å²) in [6, 6.07) is 12.2. The summed E-state index contributed by atoms with van der Waals surface area (Å²) in [7, 11) is 8.14. The molecule has 9 heteroatoms. The van der Waals surface area contributed by atoms with Crippen molar-refractivity contribution in [1.29, 1.82) is 0 Å². The van der Waals surface area contributed by atoms with E-state index in [1.54, 1.807) is 9.36 Å². The number of aromatic nitrogens is 6. The average molecular weight is 633 g/mol. The third kappa shape index (κ3) is 6.48. The quantitative estimate of drug-likeness (QED) is 0.207. The van der Waals surface area contributed by atoms with Crippen molar-refractivity contribution in [1.82, 2.24) is 29.5 Å². The molecule has 216 valence electrons. The Labute approximate surface area is 253 Å². The topological polar surface area (TPSA) is 67.9 Å². The van der Waals surface area contributed by atoms with Gasteiger partial charge in [-0.25, -0.2) is 0 Å². The van der Waals surface area contributed by atoms with Crippen LogP contribution in [0.1, 0.15) is 78.2 Å². The van der Waals surface area contributed by atoms with Gasteiger partial charge < -0.3 is 19.2 Å². The molecule has 4 aromatic rings. The molecule has 0 aliphatic rings. The molecule has 0 aromatic carbocycles. The van der Waals surface area contributed by atoms with Crippen LogP contribution in [-0.4, -0.2) is 57.7 Å². The van der Waals surface area contributed by atoms with Gasteiger partial charge in [-0.2, -0.15) is 0 Å². The molecule has 0 atom stereocenters. The molecule has 0 bridgehead atoms. The molecule has 0 amide bonds. The van der Waals surface area contributed by atoms with Crippen molar-refractivity contribution in [3.63, 3.8) is 0 Å². The van der Waals surface area contributed by atoms with Crippen molar-refractivity contribution in [2.45, 2.75) is 71.6 Å². The summed E-state index contributed by atoms with van der Waals surface area (Å²) in [4.78, 5) is 14.4. The smallest absolute Gasteiger partial charge is 0.378 e. The first-order valence-corrected chi connectivity index (χ1v) is 13.3. The Kier molecular flexibility index (Phi) is 8.74. The minimum Gasteiger partial charge on any atom is -0.378 e. The largest absolute Gasteiger partial charge is 2.00 e. The van der Waals surface area contributed by atoms with Gasteiger partial charge in [0.25, 0.3) is 0 Å². The third-order valence-electron chi connectivity index (χ3n) is 6.94. The molecule has 0 unspecified atom stereocenters. The maximum absolute atomic E-state index is 5.10. The molecule has 0 aliphatic heterocycles. The van der Waals surface area contributed by atoms with Gasteiger partial charge in [0.15, 0.2) is 0 Å². The Morgan fingerprint density at radius 2 is 0.925 bits per heavy atom. The molecule has 0 aliphatic carbocycles. The van der Waals surface area contributed by atoms with Crippen LogP contribution in [0.5, 0.6) is 0 Å². The van der Waals surface area contributed by atoms with Gasteiger partial charge in [-0.05, 0) is 48.2 Å².